The van der Waals surface area contributed by atoms with E-state index in [1.54, 1.807) is 6.92 Å². The van der Waals surface area contributed by atoms with Crippen LogP contribution in [0, 0.1) is 0 Å². The van der Waals surface area contributed by atoms with Gasteiger partial charge < -0.3 is 9.84 Å². The van der Waals surface area contributed by atoms with E-state index < -0.39 is 69.6 Å². The number of phosphoric ester groups is 5. The minimum absolute atomic E-state index is 0.175. The summed E-state index contributed by atoms with van der Waals surface area (Å²) >= 11 is 7.39. The summed E-state index contributed by atoms with van der Waals surface area (Å²) in [6.45, 7) is 6.59. The molecule has 0 aliphatic heterocycles. The quantitative estimate of drug-likeness (QED) is 0.0545. The molecular weight excluding hydrogens is 1210 g/mol. The van der Waals surface area contributed by atoms with E-state index in [-0.39, 0.29) is 38.0 Å². The first-order chi connectivity index (χ1) is 24.9. The van der Waals surface area contributed by atoms with Gasteiger partial charge in [-0.15, -0.1) is 0 Å². The van der Waals surface area contributed by atoms with Crippen LogP contribution < -0.4 is 0 Å². The molecule has 330 valence electrons. The van der Waals surface area contributed by atoms with Crippen molar-refractivity contribution in [3.8, 4) is 0 Å². The summed E-state index contributed by atoms with van der Waals surface area (Å²) in [5.41, 5.74) is 0. The number of hydrogen-bond donors (Lipinski definition) is 1. The van der Waals surface area contributed by atoms with E-state index >= 15 is 0 Å². The topological polar surface area (TPSA) is 253 Å². The van der Waals surface area contributed by atoms with Gasteiger partial charge in [-0.05, 0) is 34.6 Å². The van der Waals surface area contributed by atoms with Crippen molar-refractivity contribution < 1.29 is 105 Å². The molecule has 0 saturated carbocycles. The van der Waals surface area contributed by atoms with Gasteiger partial charge in [-0.3, -0.25) is 67.9 Å². The van der Waals surface area contributed by atoms with Crippen LogP contribution in [0.25, 0.3) is 0 Å². The third-order valence-corrected chi connectivity index (χ3v) is 12.8. The monoisotopic (exact) mass is 1270 g/mol. The predicted octanol–water partition coefficient (Wildman–Crippen LogP) is 8.41. The Bertz CT molecular complexity index is 1190. The van der Waals surface area contributed by atoms with Gasteiger partial charge in [0.15, 0.2) is 0 Å². The SMILES string of the molecule is COCC(C)OP(=O)(OC)OCC(C)OP(=O)(OC)OCC(C)OP(=O)(OC)OC.COP(=O)(OC)OC(C)COP(=O)(OC)OC(C)CO.[I][V]([I])[I]. The second kappa shape index (κ2) is 32.9. The number of hydrogen-bond acceptors (Lipinski definition) is 22. The van der Waals surface area contributed by atoms with Gasteiger partial charge in [-0.2, -0.15) is 0 Å². The number of methoxy groups -OCH3 is 1. The maximum atomic E-state index is 12.6. The summed E-state index contributed by atoms with van der Waals surface area (Å²) in [7, 11) is -9.61. The Labute approximate surface area is 356 Å². The molecule has 31 heteroatoms. The molecule has 0 bridgehead atoms. The zero-order valence-corrected chi connectivity index (χ0v) is 44.6. The normalized spacial score (nSPS) is 18.4. The van der Waals surface area contributed by atoms with Gasteiger partial charge in [0.2, 0.25) is 0 Å². The minimum atomic E-state index is -4.04. The van der Waals surface area contributed by atoms with Gasteiger partial charge in [0, 0.05) is 56.9 Å². The van der Waals surface area contributed by atoms with Gasteiger partial charge in [0.25, 0.3) is 0 Å². The van der Waals surface area contributed by atoms with E-state index in [1.807, 2.05) is 0 Å². The first-order valence-corrected chi connectivity index (χ1v) is 35.8. The molecule has 0 fully saturated rings. The molecule has 0 aliphatic carbocycles. The van der Waals surface area contributed by atoms with Crippen LogP contribution in [0.2, 0.25) is 0 Å². The van der Waals surface area contributed by atoms with E-state index in [2.05, 4.69) is 82.6 Å². The van der Waals surface area contributed by atoms with Crippen molar-refractivity contribution in [3.05, 3.63) is 0 Å². The summed E-state index contributed by atoms with van der Waals surface area (Å²) in [5.74, 6) is 0. The van der Waals surface area contributed by atoms with Crippen LogP contribution in [0.5, 0.6) is 0 Å². The van der Waals surface area contributed by atoms with Crippen LogP contribution >= 0.6 is 99.1 Å². The predicted molar refractivity (Wildman–Crippen MR) is 219 cm³/mol. The average Bonchev–Trinajstić information content (AvgIpc) is 3.12. The fraction of sp³-hybridized carbons (Fsp3) is 1.00. The molecule has 0 spiro atoms. The van der Waals surface area contributed by atoms with Crippen LogP contribution in [0.3, 0.4) is 0 Å². The number of aliphatic hydroxyl groups excluding tert-OH is 1. The molecule has 0 aromatic carbocycles. The van der Waals surface area contributed by atoms with Crippen LogP contribution in [0.1, 0.15) is 34.6 Å². The summed E-state index contributed by atoms with van der Waals surface area (Å²) in [6, 6.07) is 0. The second-order valence-electron chi connectivity index (χ2n) is 9.81. The molecule has 0 aromatic rings. The Morgan fingerprint density at radius 1 is 0.426 bits per heavy atom. The maximum absolute atomic E-state index is 12.6. The van der Waals surface area contributed by atoms with Gasteiger partial charge in [-0.25, -0.2) is 22.8 Å². The summed E-state index contributed by atoms with van der Waals surface area (Å²) in [5, 5.41) is 8.84. The zero-order valence-electron chi connectivity index (χ0n) is 32.3. The molecule has 0 saturated heterocycles. The van der Waals surface area contributed by atoms with E-state index in [0.717, 1.165) is 35.5 Å². The Kier molecular flexibility index (Phi) is 37.5. The summed E-state index contributed by atoms with van der Waals surface area (Å²) < 4.78 is 139. The molecular formula is C23H55I3O22P5V. The van der Waals surface area contributed by atoms with Gasteiger partial charge in [0.1, 0.15) is 0 Å². The van der Waals surface area contributed by atoms with E-state index in [0.29, 0.717) is 0 Å². The number of aliphatic hydroxyl groups is 1. The molecule has 0 aliphatic rings. The standard InChI is InChI=1S/C14H33O13P3.C9H22O9P2.3HI.V/c1-12(9-18-4)26-29(16,21-7)24-11-14(3)27-30(17,22-8)23-10-13(2)25-28(15,19-5)20-6;1-8(6-10)17-20(12,15-5)16-7-9(2)18-19(11,13-3)14-4;;;;/h12-14H,9-11H2,1-8H3;8-10H,6-7H2,1-5H3;3*1H;/q;;;;;+3/p-3. The van der Waals surface area contributed by atoms with Crippen molar-refractivity contribution in [3.63, 3.8) is 0 Å². The Morgan fingerprint density at radius 3 is 0.833 bits per heavy atom. The van der Waals surface area contributed by atoms with Gasteiger partial charge in [-0.1, -0.05) is 0 Å². The fourth-order valence-corrected chi connectivity index (χ4v) is 7.87. The molecule has 8 unspecified atom stereocenters. The first-order valence-electron chi connectivity index (χ1n) is 15.0. The van der Waals surface area contributed by atoms with Gasteiger partial charge in [0.05, 0.1) is 63.6 Å². The second-order valence-corrected chi connectivity index (χ2v) is 54.0. The molecule has 22 nitrogen and oxygen atoms in total. The van der Waals surface area contributed by atoms with Crippen LogP contribution in [-0.2, 0) is 100 Å². The Balaban J connectivity index is -0.000000932. The number of rotatable bonds is 29. The van der Waals surface area contributed by atoms with Crippen LogP contribution in [-0.4, -0.2) is 126 Å². The average molecular weight is 1270 g/mol. The van der Waals surface area contributed by atoms with Crippen molar-refractivity contribution in [2.75, 3.05) is 89.9 Å². The number of ether oxygens (including phenoxy) is 1. The van der Waals surface area contributed by atoms with Crippen molar-refractivity contribution in [1.29, 1.82) is 0 Å². The summed E-state index contributed by atoms with van der Waals surface area (Å²) in [4.78, 5) is -0.278. The summed E-state index contributed by atoms with van der Waals surface area (Å²) in [6.07, 6.45) is -3.75. The van der Waals surface area contributed by atoms with Crippen molar-refractivity contribution in [2.24, 2.45) is 0 Å². The Morgan fingerprint density at radius 2 is 0.630 bits per heavy atom. The number of phosphoric acid groups is 5. The molecule has 0 rings (SSSR count). The molecule has 0 amide bonds. The fourth-order valence-electron chi connectivity index (χ4n) is 2.78. The molecule has 1 N–H and O–H groups in total. The van der Waals surface area contributed by atoms with Crippen molar-refractivity contribution in [2.45, 2.75) is 65.1 Å². The molecule has 0 heterocycles. The third-order valence-electron chi connectivity index (χ3n) is 5.17. The molecule has 0 aromatic heterocycles. The van der Waals surface area contributed by atoms with Crippen molar-refractivity contribution in [1.82, 2.24) is 0 Å². The van der Waals surface area contributed by atoms with Crippen LogP contribution in [0.15, 0.2) is 0 Å². The van der Waals surface area contributed by atoms with Crippen molar-refractivity contribution >= 4 is 99.1 Å². The van der Waals surface area contributed by atoms with Gasteiger partial charge >= 0.3 is 104 Å². The molecule has 0 radical (unpaired) electrons. The van der Waals surface area contributed by atoms with Crippen LogP contribution in [0.4, 0.5) is 0 Å². The van der Waals surface area contributed by atoms with E-state index in [1.165, 1.54) is 49.0 Å². The zero-order chi connectivity index (χ0) is 42.8. The Hall–Kier alpha value is 3.24. The van der Waals surface area contributed by atoms with E-state index in [4.69, 9.17) is 55.1 Å². The molecule has 54 heavy (non-hydrogen) atoms. The number of halogens is 3. The molecule has 8 atom stereocenters. The van der Waals surface area contributed by atoms with E-state index in [9.17, 15) is 22.8 Å². The third kappa shape index (κ3) is 31.1. The first kappa shape index (κ1) is 61.5.